The molecular weight excluding hydrogens is 388 g/mol. The molecule has 0 saturated heterocycles. The van der Waals surface area contributed by atoms with Crippen molar-refractivity contribution in [1.29, 1.82) is 0 Å². The maximum Gasteiger partial charge on any atom is 0.262 e. The summed E-state index contributed by atoms with van der Waals surface area (Å²) in [7, 11) is 0. The minimum atomic E-state index is -0.251. The molecule has 0 aliphatic heterocycles. The van der Waals surface area contributed by atoms with Gasteiger partial charge in [-0.05, 0) is 62.4 Å². The van der Waals surface area contributed by atoms with E-state index in [1.807, 2.05) is 66.7 Å². The first-order chi connectivity index (χ1) is 15.1. The molecule has 0 fully saturated rings. The molecule has 31 heavy (non-hydrogen) atoms. The smallest absolute Gasteiger partial charge is 0.262 e. The van der Waals surface area contributed by atoms with Gasteiger partial charge >= 0.3 is 0 Å². The van der Waals surface area contributed by atoms with Crippen LogP contribution in [0.4, 0.5) is 17.1 Å². The summed E-state index contributed by atoms with van der Waals surface area (Å²) < 4.78 is 5.63. The van der Waals surface area contributed by atoms with Crippen molar-refractivity contribution in [2.45, 2.75) is 19.9 Å². The molecule has 0 bridgehead atoms. The summed E-state index contributed by atoms with van der Waals surface area (Å²) in [5.41, 5.74) is 3.67. The van der Waals surface area contributed by atoms with Crippen molar-refractivity contribution >= 4 is 33.9 Å². The molecule has 3 aromatic carbocycles. The number of rotatable bonds is 7. The van der Waals surface area contributed by atoms with Gasteiger partial charge in [-0.15, -0.1) is 0 Å². The Bertz CT molecular complexity index is 1160. The lowest BCUT2D eigenvalue weighted by atomic mass is 10.2. The van der Waals surface area contributed by atoms with Crippen molar-refractivity contribution in [3.63, 3.8) is 0 Å². The van der Waals surface area contributed by atoms with Gasteiger partial charge in [-0.3, -0.25) is 4.79 Å². The first kappa shape index (κ1) is 20.3. The second kappa shape index (κ2) is 9.26. The zero-order valence-corrected chi connectivity index (χ0v) is 17.5. The number of hydrogen-bond acceptors (Lipinski definition) is 5. The molecule has 0 unspecified atom stereocenters. The van der Waals surface area contributed by atoms with E-state index in [2.05, 4.69) is 46.2 Å². The quantitative estimate of drug-likeness (QED) is 0.452. The van der Waals surface area contributed by atoms with E-state index >= 15 is 0 Å². The number of carbonyl (C=O) groups is 1. The van der Waals surface area contributed by atoms with Gasteiger partial charge in [0.2, 0.25) is 5.88 Å². The molecule has 4 aromatic rings. The molecule has 0 aliphatic carbocycles. The summed E-state index contributed by atoms with van der Waals surface area (Å²) in [6.07, 6.45) is 1.43. The number of aromatic nitrogens is 2. The Kier molecular flexibility index (Phi) is 6.08. The van der Waals surface area contributed by atoms with Crippen LogP contribution in [-0.4, -0.2) is 28.5 Å². The van der Waals surface area contributed by atoms with Gasteiger partial charge in [-0.1, -0.05) is 30.3 Å². The minimum absolute atomic E-state index is 0.134. The largest absolute Gasteiger partial charge is 0.467 e. The lowest BCUT2D eigenvalue weighted by Gasteiger charge is -2.29. The third-order valence-electron chi connectivity index (χ3n) is 4.83. The number of nitrogens with zero attached hydrogens (tertiary/aromatic N) is 3. The van der Waals surface area contributed by atoms with Gasteiger partial charge < -0.3 is 15.0 Å². The zero-order valence-electron chi connectivity index (χ0n) is 17.5. The Morgan fingerprint density at radius 2 is 1.58 bits per heavy atom. The monoisotopic (exact) mass is 412 g/mol. The van der Waals surface area contributed by atoms with Crippen LogP contribution in [0.2, 0.25) is 0 Å². The van der Waals surface area contributed by atoms with E-state index in [1.54, 1.807) is 0 Å². The fraction of sp³-hybridized carbons (Fsp3) is 0.160. The Morgan fingerprint density at radius 3 is 2.32 bits per heavy atom. The third-order valence-corrected chi connectivity index (χ3v) is 4.83. The van der Waals surface area contributed by atoms with Crippen LogP contribution in [0.5, 0.6) is 5.88 Å². The van der Waals surface area contributed by atoms with E-state index in [1.165, 1.54) is 6.33 Å². The molecule has 1 amide bonds. The number of carbonyl (C=O) groups excluding carboxylic acids is 1. The number of benzene rings is 3. The molecule has 0 radical (unpaired) electrons. The van der Waals surface area contributed by atoms with Gasteiger partial charge in [-0.2, -0.15) is 0 Å². The first-order valence-corrected chi connectivity index (χ1v) is 10.2. The molecule has 0 aliphatic rings. The van der Waals surface area contributed by atoms with E-state index < -0.39 is 0 Å². The molecule has 0 atom stereocenters. The third kappa shape index (κ3) is 4.80. The number of ether oxygens (including phenoxy) is 1. The molecule has 156 valence electrons. The van der Waals surface area contributed by atoms with E-state index in [9.17, 15) is 4.79 Å². The summed E-state index contributed by atoms with van der Waals surface area (Å²) >= 11 is 0. The Labute approximate surface area is 181 Å². The van der Waals surface area contributed by atoms with Crippen molar-refractivity contribution in [2.24, 2.45) is 0 Å². The van der Waals surface area contributed by atoms with Crippen LogP contribution in [0, 0.1) is 0 Å². The van der Waals surface area contributed by atoms with Crippen molar-refractivity contribution in [1.82, 2.24) is 9.97 Å². The molecule has 1 heterocycles. The molecule has 0 saturated carbocycles. The van der Waals surface area contributed by atoms with E-state index in [-0.39, 0.29) is 12.5 Å². The molecule has 4 rings (SSSR count). The molecule has 1 aromatic heterocycles. The van der Waals surface area contributed by atoms with Crippen LogP contribution >= 0.6 is 0 Å². The number of para-hydroxylation sites is 2. The second-order valence-corrected chi connectivity index (χ2v) is 7.38. The molecular formula is C25H24N4O2. The van der Waals surface area contributed by atoms with Gasteiger partial charge in [-0.25, -0.2) is 9.97 Å². The van der Waals surface area contributed by atoms with Crippen LogP contribution in [0.25, 0.3) is 10.9 Å². The fourth-order valence-corrected chi connectivity index (χ4v) is 3.47. The Balaban J connectivity index is 1.41. The summed E-state index contributed by atoms with van der Waals surface area (Å²) in [5, 5.41) is 3.64. The van der Waals surface area contributed by atoms with Crippen LogP contribution in [0.1, 0.15) is 13.8 Å². The second-order valence-electron chi connectivity index (χ2n) is 7.38. The maximum atomic E-state index is 12.4. The first-order valence-electron chi connectivity index (χ1n) is 10.2. The van der Waals surface area contributed by atoms with Gasteiger partial charge in [0.25, 0.3) is 5.91 Å². The molecule has 6 heteroatoms. The predicted molar refractivity (Wildman–Crippen MR) is 124 cm³/mol. The van der Waals surface area contributed by atoms with E-state index in [0.717, 1.165) is 22.3 Å². The van der Waals surface area contributed by atoms with E-state index in [4.69, 9.17) is 4.74 Å². The highest BCUT2D eigenvalue weighted by molar-refractivity contribution is 5.92. The van der Waals surface area contributed by atoms with Crippen LogP contribution in [0.3, 0.4) is 0 Å². The topological polar surface area (TPSA) is 67.4 Å². The van der Waals surface area contributed by atoms with Crippen LogP contribution < -0.4 is 15.0 Å². The van der Waals surface area contributed by atoms with Gasteiger partial charge in [0.1, 0.15) is 6.33 Å². The van der Waals surface area contributed by atoms with Gasteiger partial charge in [0, 0.05) is 23.1 Å². The lowest BCUT2D eigenvalue weighted by molar-refractivity contribution is -0.118. The molecule has 1 N–H and O–H groups in total. The highest BCUT2D eigenvalue weighted by Gasteiger charge is 2.13. The normalized spacial score (nSPS) is 10.8. The summed E-state index contributed by atoms with van der Waals surface area (Å²) in [4.78, 5) is 23.0. The minimum Gasteiger partial charge on any atom is -0.467 e. The Morgan fingerprint density at radius 1 is 0.903 bits per heavy atom. The maximum absolute atomic E-state index is 12.4. The van der Waals surface area contributed by atoms with Crippen molar-refractivity contribution in [3.8, 4) is 5.88 Å². The Hall–Kier alpha value is -3.93. The number of anilines is 3. The molecule has 0 spiro atoms. The number of amides is 1. The summed E-state index contributed by atoms with van der Waals surface area (Å²) in [5.74, 6) is 0.144. The van der Waals surface area contributed by atoms with Gasteiger partial charge in [0.05, 0.1) is 10.9 Å². The summed E-state index contributed by atoms with van der Waals surface area (Å²) in [6, 6.07) is 25.8. The number of fused-ring (bicyclic) bond motifs is 1. The van der Waals surface area contributed by atoms with Gasteiger partial charge in [0.15, 0.2) is 6.61 Å². The number of hydrogen-bond donors (Lipinski definition) is 1. The highest BCUT2D eigenvalue weighted by Crippen LogP contribution is 2.28. The van der Waals surface area contributed by atoms with Crippen LogP contribution in [0.15, 0.2) is 85.2 Å². The summed E-state index contributed by atoms with van der Waals surface area (Å²) in [6.45, 7) is 4.17. The SMILES string of the molecule is CC(C)N(c1ccccc1)c1ccc(NC(=O)COc2ncnc3ccccc23)cc1. The lowest BCUT2D eigenvalue weighted by Crippen LogP contribution is -2.25. The van der Waals surface area contributed by atoms with E-state index in [0.29, 0.717) is 17.6 Å². The van der Waals surface area contributed by atoms with Crippen LogP contribution in [-0.2, 0) is 4.79 Å². The standard InChI is InChI=1S/C25H24N4O2/c1-18(2)29(20-8-4-3-5-9-20)21-14-12-19(13-15-21)28-24(30)16-31-25-22-10-6-7-11-23(22)26-17-27-25/h3-15,17-18H,16H2,1-2H3,(H,28,30). The van der Waals surface area contributed by atoms with Crippen molar-refractivity contribution < 1.29 is 9.53 Å². The average Bonchev–Trinajstić information content (AvgIpc) is 2.79. The fourth-order valence-electron chi connectivity index (χ4n) is 3.47. The predicted octanol–water partition coefficient (Wildman–Crippen LogP) is 5.19. The average molecular weight is 412 g/mol. The number of nitrogens with one attached hydrogen (secondary N) is 1. The van der Waals surface area contributed by atoms with Crippen molar-refractivity contribution in [3.05, 3.63) is 85.2 Å². The zero-order chi connectivity index (χ0) is 21.6. The van der Waals surface area contributed by atoms with Crippen molar-refractivity contribution in [2.75, 3.05) is 16.8 Å². The highest BCUT2D eigenvalue weighted by atomic mass is 16.5. The molecule has 6 nitrogen and oxygen atoms in total.